The molecule has 5 nitrogen and oxygen atoms in total. The van der Waals surface area contributed by atoms with Crippen molar-refractivity contribution in [1.29, 1.82) is 0 Å². The maximum atomic E-state index is 11.7. The van der Waals surface area contributed by atoms with Crippen molar-refractivity contribution in [2.45, 2.75) is 20.0 Å². The van der Waals surface area contributed by atoms with E-state index in [0.29, 0.717) is 10.8 Å². The minimum Gasteiger partial charge on any atom is -0.467 e. The van der Waals surface area contributed by atoms with Crippen LogP contribution in [0, 0.1) is 0 Å². The van der Waals surface area contributed by atoms with Crippen LogP contribution in [0.1, 0.15) is 13.8 Å². The topological polar surface area (TPSA) is 61.8 Å². The van der Waals surface area contributed by atoms with Crippen molar-refractivity contribution >= 4 is 23.5 Å². The molecular formula is C13H15ClO5. The van der Waals surface area contributed by atoms with Crippen LogP contribution in [0.15, 0.2) is 24.3 Å². The molecule has 19 heavy (non-hydrogen) atoms. The number of benzene rings is 1. The van der Waals surface area contributed by atoms with Crippen molar-refractivity contribution in [2.75, 3.05) is 13.2 Å². The van der Waals surface area contributed by atoms with Crippen molar-refractivity contribution < 1.29 is 23.8 Å². The Balaban J connectivity index is 2.81. The first kappa shape index (κ1) is 15.3. The Morgan fingerprint density at radius 1 is 1.05 bits per heavy atom. The van der Waals surface area contributed by atoms with Crippen LogP contribution in [-0.4, -0.2) is 31.3 Å². The van der Waals surface area contributed by atoms with Crippen molar-refractivity contribution in [3.63, 3.8) is 0 Å². The Morgan fingerprint density at radius 2 is 1.53 bits per heavy atom. The fraction of sp³-hybridized carbons (Fsp3) is 0.385. The van der Waals surface area contributed by atoms with E-state index < -0.39 is 18.0 Å². The maximum absolute atomic E-state index is 11.7. The van der Waals surface area contributed by atoms with Crippen LogP contribution < -0.4 is 4.74 Å². The number of carbonyl (C=O) groups is 2. The lowest BCUT2D eigenvalue weighted by atomic mass is 10.3. The van der Waals surface area contributed by atoms with E-state index in [4.69, 9.17) is 25.8 Å². The van der Waals surface area contributed by atoms with E-state index in [2.05, 4.69) is 0 Å². The highest BCUT2D eigenvalue weighted by molar-refractivity contribution is 6.30. The molecule has 0 bridgehead atoms. The molecule has 1 aromatic rings. The predicted octanol–water partition coefficient (Wildman–Crippen LogP) is 2.21. The normalized spacial score (nSPS) is 10.1. The summed E-state index contributed by atoms with van der Waals surface area (Å²) in [7, 11) is 0. The van der Waals surface area contributed by atoms with Crippen molar-refractivity contribution in [3.05, 3.63) is 29.3 Å². The Kier molecular flexibility index (Phi) is 6.15. The summed E-state index contributed by atoms with van der Waals surface area (Å²) >= 11 is 5.73. The zero-order valence-electron chi connectivity index (χ0n) is 10.7. The number of carbonyl (C=O) groups excluding carboxylic acids is 2. The van der Waals surface area contributed by atoms with Gasteiger partial charge in [0.2, 0.25) is 0 Å². The summed E-state index contributed by atoms with van der Waals surface area (Å²) in [4.78, 5) is 23.3. The van der Waals surface area contributed by atoms with Crippen molar-refractivity contribution in [3.8, 4) is 5.75 Å². The molecule has 1 aromatic carbocycles. The van der Waals surface area contributed by atoms with E-state index in [1.54, 1.807) is 38.1 Å². The summed E-state index contributed by atoms with van der Waals surface area (Å²) < 4.78 is 14.8. The van der Waals surface area contributed by atoms with Gasteiger partial charge in [0.05, 0.1) is 13.2 Å². The van der Waals surface area contributed by atoms with Crippen LogP contribution >= 0.6 is 11.6 Å². The average Bonchev–Trinajstić information content (AvgIpc) is 2.38. The Labute approximate surface area is 116 Å². The lowest BCUT2D eigenvalue weighted by Crippen LogP contribution is -2.38. The molecule has 0 spiro atoms. The van der Waals surface area contributed by atoms with Crippen molar-refractivity contribution in [2.24, 2.45) is 0 Å². The van der Waals surface area contributed by atoms with Crippen LogP contribution in [0.25, 0.3) is 0 Å². The van der Waals surface area contributed by atoms with Crippen molar-refractivity contribution in [1.82, 2.24) is 0 Å². The van der Waals surface area contributed by atoms with E-state index in [1.165, 1.54) is 0 Å². The molecule has 6 heteroatoms. The quantitative estimate of drug-likeness (QED) is 0.593. The molecule has 104 valence electrons. The van der Waals surface area contributed by atoms with Gasteiger partial charge in [0.1, 0.15) is 5.75 Å². The monoisotopic (exact) mass is 286 g/mol. The molecular weight excluding hydrogens is 272 g/mol. The number of hydrogen-bond acceptors (Lipinski definition) is 5. The summed E-state index contributed by atoms with van der Waals surface area (Å²) in [6, 6.07) is 6.27. The predicted molar refractivity (Wildman–Crippen MR) is 69.1 cm³/mol. The zero-order chi connectivity index (χ0) is 14.3. The van der Waals surface area contributed by atoms with Gasteiger partial charge in [-0.3, -0.25) is 0 Å². The van der Waals surface area contributed by atoms with Gasteiger partial charge in [0.15, 0.2) is 0 Å². The zero-order valence-corrected chi connectivity index (χ0v) is 11.5. The summed E-state index contributed by atoms with van der Waals surface area (Å²) in [6.07, 6.45) is -1.43. The highest BCUT2D eigenvalue weighted by Crippen LogP contribution is 2.17. The number of rotatable bonds is 6. The Morgan fingerprint density at radius 3 is 1.95 bits per heavy atom. The molecule has 0 amide bonds. The van der Waals surface area contributed by atoms with E-state index in [-0.39, 0.29) is 13.2 Å². The number of halogens is 1. The summed E-state index contributed by atoms with van der Waals surface area (Å²) in [5, 5.41) is 0.524. The molecule has 0 radical (unpaired) electrons. The number of hydrogen-bond donors (Lipinski definition) is 0. The Hall–Kier alpha value is -1.75. The molecule has 0 aromatic heterocycles. The van der Waals surface area contributed by atoms with E-state index in [9.17, 15) is 9.59 Å². The molecule has 0 atom stereocenters. The summed E-state index contributed by atoms with van der Waals surface area (Å²) in [6.45, 7) is 3.59. The van der Waals surface area contributed by atoms with E-state index in [1.807, 2.05) is 0 Å². The fourth-order valence-corrected chi connectivity index (χ4v) is 1.40. The molecule has 0 aliphatic carbocycles. The molecule has 0 aliphatic heterocycles. The van der Waals surface area contributed by atoms with E-state index >= 15 is 0 Å². The van der Waals surface area contributed by atoms with Gasteiger partial charge in [-0.15, -0.1) is 0 Å². The van der Waals surface area contributed by atoms with Gasteiger partial charge < -0.3 is 14.2 Å². The SMILES string of the molecule is CCOC(=O)C(Oc1ccc(Cl)cc1)C(=O)OCC. The second-order valence-electron chi connectivity index (χ2n) is 3.46. The minimum absolute atomic E-state index is 0.152. The molecule has 0 N–H and O–H groups in total. The molecule has 0 fully saturated rings. The maximum Gasteiger partial charge on any atom is 0.359 e. The first-order valence-electron chi connectivity index (χ1n) is 5.84. The van der Waals surface area contributed by atoms with E-state index in [0.717, 1.165) is 0 Å². The molecule has 0 heterocycles. The third-order valence-electron chi connectivity index (χ3n) is 2.07. The third-order valence-corrected chi connectivity index (χ3v) is 2.32. The van der Waals surface area contributed by atoms with Gasteiger partial charge in [-0.25, -0.2) is 9.59 Å². The second-order valence-corrected chi connectivity index (χ2v) is 3.89. The largest absolute Gasteiger partial charge is 0.467 e. The van der Waals surface area contributed by atoms with Gasteiger partial charge in [0, 0.05) is 5.02 Å². The number of esters is 2. The summed E-state index contributed by atoms with van der Waals surface area (Å²) in [5.41, 5.74) is 0. The fourth-order valence-electron chi connectivity index (χ4n) is 1.28. The molecule has 0 aliphatic rings. The van der Waals surface area contributed by atoms with Gasteiger partial charge in [-0.1, -0.05) is 11.6 Å². The van der Waals surface area contributed by atoms with Gasteiger partial charge >= 0.3 is 11.9 Å². The van der Waals surface area contributed by atoms with Crippen LogP contribution in [0.4, 0.5) is 0 Å². The van der Waals surface area contributed by atoms with Crippen LogP contribution in [-0.2, 0) is 19.1 Å². The van der Waals surface area contributed by atoms with Gasteiger partial charge in [-0.05, 0) is 38.1 Å². The lowest BCUT2D eigenvalue weighted by Gasteiger charge is -2.16. The van der Waals surface area contributed by atoms with Crippen LogP contribution in [0.2, 0.25) is 5.02 Å². The second kappa shape index (κ2) is 7.63. The highest BCUT2D eigenvalue weighted by Gasteiger charge is 2.31. The summed E-state index contributed by atoms with van der Waals surface area (Å²) in [5.74, 6) is -1.23. The molecule has 0 saturated heterocycles. The average molecular weight is 287 g/mol. The molecule has 0 saturated carbocycles. The van der Waals surface area contributed by atoms with Gasteiger partial charge in [-0.2, -0.15) is 0 Å². The first-order valence-corrected chi connectivity index (χ1v) is 6.21. The van der Waals surface area contributed by atoms with Crippen LogP contribution in [0.5, 0.6) is 5.75 Å². The minimum atomic E-state index is -1.43. The smallest absolute Gasteiger partial charge is 0.359 e. The molecule has 1 rings (SSSR count). The Bertz CT molecular complexity index is 411. The first-order chi connectivity index (χ1) is 9.08. The highest BCUT2D eigenvalue weighted by atomic mass is 35.5. The number of ether oxygens (including phenoxy) is 3. The standard InChI is InChI=1S/C13H15ClO5/c1-3-17-12(15)11(13(16)18-4-2)19-10-7-5-9(14)6-8-10/h5-8,11H,3-4H2,1-2H3. The lowest BCUT2D eigenvalue weighted by molar-refractivity contribution is -0.166. The third kappa shape index (κ3) is 4.79. The van der Waals surface area contributed by atoms with Gasteiger partial charge in [0.25, 0.3) is 6.10 Å². The molecule has 0 unspecified atom stereocenters. The van der Waals surface area contributed by atoms with Crippen LogP contribution in [0.3, 0.4) is 0 Å².